The molecular formula is C12H6F2O4. The summed E-state index contributed by atoms with van der Waals surface area (Å²) in [7, 11) is 0. The number of carboxylic acid groups (broad SMARTS) is 1. The zero-order valence-electron chi connectivity index (χ0n) is 8.81. The summed E-state index contributed by atoms with van der Waals surface area (Å²) in [6, 6.07) is 3.94. The van der Waals surface area contributed by atoms with Crippen molar-refractivity contribution in [1.82, 2.24) is 0 Å². The van der Waals surface area contributed by atoms with Gasteiger partial charge in [0.05, 0.1) is 5.56 Å². The Balaban J connectivity index is 2.72. The molecule has 0 aliphatic rings. The lowest BCUT2D eigenvalue weighted by Crippen LogP contribution is -2.05. The highest BCUT2D eigenvalue weighted by molar-refractivity contribution is 5.95. The molecule has 1 N–H and O–H groups in total. The quantitative estimate of drug-likeness (QED) is 0.853. The summed E-state index contributed by atoms with van der Waals surface area (Å²) in [5.74, 6) is -3.97. The molecular weight excluding hydrogens is 246 g/mol. The monoisotopic (exact) mass is 252 g/mol. The predicted octanol–water partition coefficient (Wildman–Crippen LogP) is 2.74. The lowest BCUT2D eigenvalue weighted by Gasteiger charge is -2.05. The molecule has 0 atom stereocenters. The number of hydrogen-bond donors (Lipinski definition) is 1. The van der Waals surface area contributed by atoms with E-state index in [1.165, 1.54) is 12.1 Å². The van der Waals surface area contributed by atoms with Gasteiger partial charge in [-0.05, 0) is 24.3 Å². The van der Waals surface area contributed by atoms with Gasteiger partial charge in [-0.25, -0.2) is 13.6 Å². The summed E-state index contributed by atoms with van der Waals surface area (Å²) in [5.41, 5.74) is -1.35. The fourth-order valence-electron chi connectivity index (χ4n) is 1.55. The first-order chi connectivity index (χ1) is 8.54. The molecule has 0 aliphatic heterocycles. The summed E-state index contributed by atoms with van der Waals surface area (Å²) in [4.78, 5) is 21.4. The van der Waals surface area contributed by atoms with Crippen LogP contribution in [0.5, 0.6) is 0 Å². The van der Waals surface area contributed by atoms with Crippen molar-refractivity contribution < 1.29 is 27.9 Å². The molecule has 0 fully saturated rings. The van der Waals surface area contributed by atoms with Crippen LogP contribution in [0.25, 0.3) is 11.3 Å². The highest BCUT2D eigenvalue weighted by Gasteiger charge is 2.23. The molecule has 2 rings (SSSR count). The third-order valence-electron chi connectivity index (χ3n) is 2.31. The highest BCUT2D eigenvalue weighted by Crippen LogP contribution is 2.30. The molecule has 0 saturated heterocycles. The molecule has 1 aromatic heterocycles. The molecule has 4 nitrogen and oxygen atoms in total. The molecule has 0 saturated carbocycles. The van der Waals surface area contributed by atoms with Crippen LogP contribution in [0.15, 0.2) is 28.7 Å². The van der Waals surface area contributed by atoms with Crippen molar-refractivity contribution in [3.05, 3.63) is 47.2 Å². The van der Waals surface area contributed by atoms with E-state index in [-0.39, 0.29) is 11.5 Å². The van der Waals surface area contributed by atoms with Crippen molar-refractivity contribution in [2.75, 3.05) is 0 Å². The number of furan rings is 1. The number of halogens is 2. The lowest BCUT2D eigenvalue weighted by molar-refractivity contribution is 0.0692. The fourth-order valence-corrected chi connectivity index (χ4v) is 1.55. The Morgan fingerprint density at radius 2 is 1.83 bits per heavy atom. The minimum atomic E-state index is -1.62. The molecule has 0 bridgehead atoms. The molecule has 92 valence electrons. The van der Waals surface area contributed by atoms with E-state index in [1.807, 2.05) is 0 Å². The van der Waals surface area contributed by atoms with Crippen LogP contribution < -0.4 is 0 Å². The maximum atomic E-state index is 13.6. The van der Waals surface area contributed by atoms with Gasteiger partial charge < -0.3 is 9.52 Å². The number of aldehydes is 1. The van der Waals surface area contributed by atoms with Gasteiger partial charge in [0.2, 0.25) is 0 Å². The number of carboxylic acids is 1. The fraction of sp³-hybridized carbons (Fsp3) is 0. The minimum absolute atomic E-state index is 0.106. The zero-order valence-corrected chi connectivity index (χ0v) is 8.81. The van der Waals surface area contributed by atoms with Gasteiger partial charge in [-0.1, -0.05) is 0 Å². The van der Waals surface area contributed by atoms with Gasteiger partial charge >= 0.3 is 5.97 Å². The van der Waals surface area contributed by atoms with E-state index in [2.05, 4.69) is 0 Å². The van der Waals surface area contributed by atoms with Crippen LogP contribution in [0.3, 0.4) is 0 Å². The van der Waals surface area contributed by atoms with E-state index >= 15 is 0 Å². The van der Waals surface area contributed by atoms with Gasteiger partial charge in [0, 0.05) is 0 Å². The molecule has 0 spiro atoms. The standard InChI is InChI=1S/C12H6F2O4/c13-7-2-3-8(14)11(12(16)17)10(7)9-4-1-6(5-15)18-9/h1-5H,(H,16,17). The zero-order chi connectivity index (χ0) is 13.3. The Morgan fingerprint density at radius 3 is 2.39 bits per heavy atom. The van der Waals surface area contributed by atoms with Gasteiger partial charge in [-0.3, -0.25) is 4.79 Å². The number of benzene rings is 1. The normalized spacial score (nSPS) is 10.3. The Labute approximate surface area is 99.5 Å². The van der Waals surface area contributed by atoms with Crippen LogP contribution >= 0.6 is 0 Å². The van der Waals surface area contributed by atoms with Crippen molar-refractivity contribution >= 4 is 12.3 Å². The summed E-state index contributed by atoms with van der Waals surface area (Å²) in [5, 5.41) is 8.88. The van der Waals surface area contributed by atoms with Gasteiger partial charge in [-0.15, -0.1) is 0 Å². The number of rotatable bonds is 3. The van der Waals surface area contributed by atoms with Crippen molar-refractivity contribution in [3.8, 4) is 11.3 Å². The summed E-state index contributed by atoms with van der Waals surface area (Å²) >= 11 is 0. The van der Waals surface area contributed by atoms with E-state index in [4.69, 9.17) is 9.52 Å². The van der Waals surface area contributed by atoms with Gasteiger partial charge in [0.25, 0.3) is 0 Å². The van der Waals surface area contributed by atoms with Crippen molar-refractivity contribution in [1.29, 1.82) is 0 Å². The largest absolute Gasteiger partial charge is 0.478 e. The molecule has 0 radical (unpaired) electrons. The van der Waals surface area contributed by atoms with Crippen LogP contribution in [0, 0.1) is 11.6 Å². The Bertz CT molecular complexity index is 631. The SMILES string of the molecule is O=Cc1ccc(-c2c(F)ccc(F)c2C(=O)O)o1. The topological polar surface area (TPSA) is 67.5 Å². The first-order valence-electron chi connectivity index (χ1n) is 4.81. The first-order valence-corrected chi connectivity index (χ1v) is 4.81. The third kappa shape index (κ3) is 1.88. The van der Waals surface area contributed by atoms with Crippen molar-refractivity contribution in [2.45, 2.75) is 0 Å². The van der Waals surface area contributed by atoms with Crippen molar-refractivity contribution in [2.24, 2.45) is 0 Å². The highest BCUT2D eigenvalue weighted by atomic mass is 19.1. The van der Waals surface area contributed by atoms with Gasteiger partial charge in [-0.2, -0.15) is 0 Å². The van der Waals surface area contributed by atoms with Gasteiger partial charge in [0.1, 0.15) is 23.0 Å². The molecule has 1 heterocycles. The smallest absolute Gasteiger partial charge is 0.339 e. The van der Waals surface area contributed by atoms with Crippen LogP contribution in [0.1, 0.15) is 20.9 Å². The van der Waals surface area contributed by atoms with Crippen LogP contribution in [0.4, 0.5) is 8.78 Å². The molecule has 2 aromatic rings. The Morgan fingerprint density at radius 1 is 1.17 bits per heavy atom. The molecule has 0 amide bonds. The van der Waals surface area contributed by atoms with E-state index in [0.717, 1.165) is 6.07 Å². The second-order valence-electron chi connectivity index (χ2n) is 3.40. The first kappa shape index (κ1) is 12.0. The third-order valence-corrected chi connectivity index (χ3v) is 2.31. The molecule has 6 heteroatoms. The summed E-state index contributed by atoms with van der Waals surface area (Å²) < 4.78 is 31.9. The van der Waals surface area contributed by atoms with E-state index in [1.54, 1.807) is 0 Å². The lowest BCUT2D eigenvalue weighted by atomic mass is 10.0. The maximum Gasteiger partial charge on any atom is 0.339 e. The second kappa shape index (κ2) is 4.40. The van der Waals surface area contributed by atoms with Crippen LogP contribution in [-0.4, -0.2) is 17.4 Å². The number of aromatic carboxylic acids is 1. The van der Waals surface area contributed by atoms with Gasteiger partial charge in [0.15, 0.2) is 12.0 Å². The minimum Gasteiger partial charge on any atom is -0.478 e. The van der Waals surface area contributed by atoms with Crippen LogP contribution in [-0.2, 0) is 0 Å². The number of carbonyl (C=O) groups excluding carboxylic acids is 1. The van der Waals surface area contributed by atoms with Crippen molar-refractivity contribution in [3.63, 3.8) is 0 Å². The number of hydrogen-bond acceptors (Lipinski definition) is 3. The van der Waals surface area contributed by atoms with E-state index < -0.39 is 28.7 Å². The number of carbonyl (C=O) groups is 2. The Kier molecular flexibility index (Phi) is 2.93. The summed E-state index contributed by atoms with van der Waals surface area (Å²) in [6.07, 6.45) is 0.376. The second-order valence-corrected chi connectivity index (χ2v) is 3.40. The van der Waals surface area contributed by atoms with E-state index in [9.17, 15) is 18.4 Å². The molecule has 18 heavy (non-hydrogen) atoms. The average molecular weight is 252 g/mol. The summed E-state index contributed by atoms with van der Waals surface area (Å²) in [6.45, 7) is 0. The van der Waals surface area contributed by atoms with Crippen LogP contribution in [0.2, 0.25) is 0 Å². The molecule has 0 unspecified atom stereocenters. The molecule has 1 aromatic carbocycles. The average Bonchev–Trinajstić information content (AvgIpc) is 2.79. The predicted molar refractivity (Wildman–Crippen MR) is 56.4 cm³/mol. The maximum absolute atomic E-state index is 13.6. The van der Waals surface area contributed by atoms with E-state index in [0.29, 0.717) is 12.4 Å². The molecule has 0 aliphatic carbocycles. The Hall–Kier alpha value is -2.50.